The third-order valence-electron chi connectivity index (χ3n) is 0.101. The number of carboxylic acid groups (broad SMARTS) is 1. The summed E-state index contributed by atoms with van der Waals surface area (Å²) in [5, 5.41) is 7.35. The van der Waals surface area contributed by atoms with Gasteiger partial charge in [0.05, 0.1) is 0 Å². The van der Waals surface area contributed by atoms with E-state index in [1.165, 1.54) is 0 Å². The number of aldehydes is 1. The van der Waals surface area contributed by atoms with Crippen molar-refractivity contribution >= 4 is 12.3 Å². The van der Waals surface area contributed by atoms with Gasteiger partial charge in [-0.15, -0.1) is 0 Å². The van der Waals surface area contributed by atoms with Gasteiger partial charge in [0.2, 0.25) is 6.29 Å². The fourth-order valence-electron chi connectivity index (χ4n) is 0. The van der Waals surface area contributed by atoms with Crippen molar-refractivity contribution in [3.05, 3.63) is 0 Å². The van der Waals surface area contributed by atoms with Crippen LogP contribution in [-0.2, 0) is 9.59 Å². The van der Waals surface area contributed by atoms with Crippen LogP contribution in [0.3, 0.4) is 0 Å². The van der Waals surface area contributed by atoms with Crippen molar-refractivity contribution in [2.24, 2.45) is 0 Å². The Morgan fingerprint density at radius 2 is 1.38 bits per heavy atom. The number of hydrogen-bond acceptors (Lipinski definition) is 2. The number of carbonyl (C=O) groups excluding carboxylic acids is 1. The van der Waals surface area contributed by atoms with Gasteiger partial charge in [-0.3, -0.25) is 4.79 Å². The van der Waals surface area contributed by atoms with Crippen molar-refractivity contribution in [2.75, 3.05) is 0 Å². The van der Waals surface area contributed by atoms with E-state index in [2.05, 4.69) is 0 Å². The van der Waals surface area contributed by atoms with Crippen molar-refractivity contribution in [1.82, 2.24) is 0 Å². The van der Waals surface area contributed by atoms with Gasteiger partial charge in [-0.25, -0.2) is 4.79 Å². The molecule has 0 aromatic carbocycles. The van der Waals surface area contributed by atoms with Gasteiger partial charge in [0.15, 0.2) is 0 Å². The molecule has 0 unspecified atom stereocenters. The molecule has 0 fully saturated rings. The number of aliphatic carboxylic acids is 1. The smallest absolute Gasteiger partial charge is 0.368 e. The van der Waals surface area contributed by atoms with Crippen LogP contribution in [0.5, 0.6) is 0 Å². The summed E-state index contributed by atoms with van der Waals surface area (Å²) in [5.41, 5.74) is 0. The molecule has 0 bridgehead atoms. The molecular formula is C2H8O6. The second kappa shape index (κ2) is 16.6. The van der Waals surface area contributed by atoms with Gasteiger partial charge in [-0.2, -0.15) is 0 Å². The van der Waals surface area contributed by atoms with Gasteiger partial charge >= 0.3 is 5.97 Å². The standard InChI is InChI=1S/C2H2O3.3H2O/c3-1-2(4)5;;;/h1H,(H,4,5);3*1H2. The highest BCUT2D eigenvalue weighted by molar-refractivity contribution is 6.19. The van der Waals surface area contributed by atoms with Gasteiger partial charge in [-0.1, -0.05) is 0 Å². The third-order valence-corrected chi connectivity index (χ3v) is 0.101. The van der Waals surface area contributed by atoms with E-state index in [0.29, 0.717) is 0 Å². The van der Waals surface area contributed by atoms with Crippen LogP contribution in [0.4, 0.5) is 0 Å². The first-order chi connectivity index (χ1) is 2.27. The minimum absolute atomic E-state index is 0. The summed E-state index contributed by atoms with van der Waals surface area (Å²) in [6.07, 6.45) is -0.167. The average Bonchev–Trinajstić information content (AvgIpc) is 1.38. The van der Waals surface area contributed by atoms with Gasteiger partial charge in [0.25, 0.3) is 0 Å². The van der Waals surface area contributed by atoms with Crippen molar-refractivity contribution < 1.29 is 31.1 Å². The predicted molar refractivity (Wildman–Crippen MR) is 24.5 cm³/mol. The maximum absolute atomic E-state index is 9.00. The lowest BCUT2D eigenvalue weighted by atomic mass is 10.8. The molecule has 0 rings (SSSR count). The van der Waals surface area contributed by atoms with Crippen molar-refractivity contribution in [3.8, 4) is 0 Å². The zero-order valence-corrected chi connectivity index (χ0v) is 3.84. The molecule has 0 spiro atoms. The van der Waals surface area contributed by atoms with Crippen LogP contribution in [0.25, 0.3) is 0 Å². The highest BCUT2D eigenvalue weighted by atomic mass is 16.4. The van der Waals surface area contributed by atoms with Gasteiger partial charge in [0.1, 0.15) is 0 Å². The van der Waals surface area contributed by atoms with E-state index in [-0.39, 0.29) is 22.7 Å². The van der Waals surface area contributed by atoms with Crippen LogP contribution in [-0.4, -0.2) is 33.8 Å². The molecule has 0 amide bonds. The Labute approximate surface area is 44.7 Å². The molecule has 0 aromatic heterocycles. The minimum atomic E-state index is -1.43. The topological polar surface area (TPSA) is 149 Å². The largest absolute Gasteiger partial charge is 0.476 e. The van der Waals surface area contributed by atoms with E-state index in [4.69, 9.17) is 14.7 Å². The molecule has 0 radical (unpaired) electrons. The molecule has 6 heteroatoms. The molecule has 0 aliphatic rings. The van der Waals surface area contributed by atoms with E-state index in [1.54, 1.807) is 0 Å². The highest BCUT2D eigenvalue weighted by Gasteiger charge is 1.80. The fraction of sp³-hybridized carbons (Fsp3) is 0. The van der Waals surface area contributed by atoms with Crippen LogP contribution in [0, 0.1) is 0 Å². The Morgan fingerprint density at radius 1 is 1.25 bits per heavy atom. The molecule has 0 aliphatic carbocycles. The molecule has 0 saturated carbocycles. The van der Waals surface area contributed by atoms with E-state index in [1.807, 2.05) is 0 Å². The van der Waals surface area contributed by atoms with Gasteiger partial charge < -0.3 is 21.5 Å². The SMILES string of the molecule is O.O.O.O=CC(=O)O. The minimum Gasteiger partial charge on any atom is -0.476 e. The van der Waals surface area contributed by atoms with Gasteiger partial charge in [-0.05, 0) is 0 Å². The number of carbonyl (C=O) groups is 2. The summed E-state index contributed by atoms with van der Waals surface area (Å²) in [6, 6.07) is 0. The summed E-state index contributed by atoms with van der Waals surface area (Å²) < 4.78 is 0. The Hall–Kier alpha value is -0.980. The van der Waals surface area contributed by atoms with Crippen molar-refractivity contribution in [1.29, 1.82) is 0 Å². The van der Waals surface area contributed by atoms with Crippen LogP contribution >= 0.6 is 0 Å². The Kier molecular flexibility index (Phi) is 58.0. The number of carboxylic acids is 1. The first-order valence-corrected chi connectivity index (χ1v) is 0.952. The number of hydrogen-bond donors (Lipinski definition) is 1. The van der Waals surface area contributed by atoms with Crippen LogP contribution < -0.4 is 0 Å². The highest BCUT2D eigenvalue weighted by Crippen LogP contribution is 1.39. The summed E-state index contributed by atoms with van der Waals surface area (Å²) >= 11 is 0. The van der Waals surface area contributed by atoms with E-state index >= 15 is 0 Å². The first-order valence-electron chi connectivity index (χ1n) is 0.952. The molecule has 0 saturated heterocycles. The summed E-state index contributed by atoms with van der Waals surface area (Å²) in [6.45, 7) is 0. The van der Waals surface area contributed by atoms with E-state index in [9.17, 15) is 0 Å². The molecule has 8 heavy (non-hydrogen) atoms. The summed E-state index contributed by atoms with van der Waals surface area (Å²) in [4.78, 5) is 17.9. The lowest BCUT2D eigenvalue weighted by Crippen LogP contribution is -1.91. The zero-order chi connectivity index (χ0) is 4.28. The Bertz CT molecular complexity index is 57.5. The fourth-order valence-corrected chi connectivity index (χ4v) is 0. The monoisotopic (exact) mass is 128 g/mol. The molecule has 6 nitrogen and oxygen atoms in total. The summed E-state index contributed by atoms with van der Waals surface area (Å²) in [5.74, 6) is -1.43. The lowest BCUT2D eigenvalue weighted by molar-refractivity contribution is -0.143. The van der Waals surface area contributed by atoms with Crippen LogP contribution in [0.1, 0.15) is 0 Å². The lowest BCUT2D eigenvalue weighted by Gasteiger charge is -1.59. The molecule has 0 atom stereocenters. The molecule has 0 aliphatic heterocycles. The van der Waals surface area contributed by atoms with Crippen molar-refractivity contribution in [2.45, 2.75) is 0 Å². The number of rotatable bonds is 1. The van der Waals surface area contributed by atoms with Crippen LogP contribution in [0.15, 0.2) is 0 Å². The maximum Gasteiger partial charge on any atom is 0.368 e. The third kappa shape index (κ3) is 78.0. The maximum atomic E-state index is 9.00. The average molecular weight is 128 g/mol. The first kappa shape index (κ1) is 27.9. The molecular weight excluding hydrogens is 120 g/mol. The normalized spacial score (nSPS) is 4.00. The van der Waals surface area contributed by atoms with E-state index in [0.717, 1.165) is 0 Å². The Balaban J connectivity index is -0.0000000267. The van der Waals surface area contributed by atoms with Crippen molar-refractivity contribution in [3.63, 3.8) is 0 Å². The van der Waals surface area contributed by atoms with E-state index < -0.39 is 5.97 Å². The second-order valence-electron chi connectivity index (χ2n) is 0.456. The molecule has 52 valence electrons. The molecule has 7 N–H and O–H groups in total. The van der Waals surface area contributed by atoms with Crippen LogP contribution in [0.2, 0.25) is 0 Å². The zero-order valence-electron chi connectivity index (χ0n) is 3.84. The molecule has 0 heterocycles. The summed E-state index contributed by atoms with van der Waals surface area (Å²) in [7, 11) is 0. The Morgan fingerprint density at radius 3 is 1.38 bits per heavy atom. The molecule has 0 aromatic rings. The predicted octanol–water partition coefficient (Wildman–Crippen LogP) is -3.20. The van der Waals surface area contributed by atoms with Gasteiger partial charge in [0, 0.05) is 0 Å². The quantitative estimate of drug-likeness (QED) is 0.292. The second-order valence-corrected chi connectivity index (χ2v) is 0.456.